The Kier molecular flexibility index (Phi) is 4.77. The molecule has 2 saturated heterocycles. The normalized spacial score (nSPS) is 23.1. The number of imidazole rings is 1. The summed E-state index contributed by atoms with van der Waals surface area (Å²) in [6.45, 7) is 7.33. The molecular weight excluding hydrogens is 374 g/mol. The fourth-order valence-corrected chi connectivity index (χ4v) is 5.16. The number of carbonyl (C=O) groups excluding carboxylic acids is 1. The van der Waals surface area contributed by atoms with Gasteiger partial charge >= 0.3 is 0 Å². The molecule has 0 aliphatic carbocycles. The number of aryl methyl sites for hydroxylation is 1. The first-order valence-electron chi connectivity index (χ1n) is 10.6. The van der Waals surface area contributed by atoms with Crippen LogP contribution in [0.2, 0.25) is 0 Å². The molecule has 3 atom stereocenters. The molecule has 0 unspecified atom stereocenters. The molecule has 0 spiro atoms. The van der Waals surface area contributed by atoms with E-state index in [1.54, 1.807) is 13.1 Å². The number of carbonyl (C=O) groups is 1. The number of nitrogens with zero attached hydrogens (tertiary/aromatic N) is 5. The summed E-state index contributed by atoms with van der Waals surface area (Å²) in [4.78, 5) is 25.7. The van der Waals surface area contributed by atoms with Gasteiger partial charge in [-0.25, -0.2) is 9.97 Å². The molecular formula is C24H27N5O. The second kappa shape index (κ2) is 7.59. The van der Waals surface area contributed by atoms with E-state index in [9.17, 15) is 4.79 Å². The van der Waals surface area contributed by atoms with E-state index in [2.05, 4.69) is 58.1 Å². The van der Waals surface area contributed by atoms with Crippen molar-refractivity contribution in [2.24, 2.45) is 11.8 Å². The molecule has 2 aromatic heterocycles. The van der Waals surface area contributed by atoms with E-state index in [1.165, 1.54) is 11.1 Å². The second-order valence-corrected chi connectivity index (χ2v) is 8.56. The van der Waals surface area contributed by atoms with Crippen molar-refractivity contribution in [1.82, 2.24) is 19.4 Å². The van der Waals surface area contributed by atoms with Crippen molar-refractivity contribution in [2.75, 3.05) is 24.5 Å². The lowest BCUT2D eigenvalue weighted by atomic mass is 9.87. The van der Waals surface area contributed by atoms with E-state index < -0.39 is 0 Å². The highest BCUT2D eigenvalue weighted by Crippen LogP contribution is 2.46. The van der Waals surface area contributed by atoms with Gasteiger partial charge in [-0.15, -0.1) is 0 Å². The van der Waals surface area contributed by atoms with Crippen LogP contribution in [0.3, 0.4) is 0 Å². The first kappa shape index (κ1) is 18.9. The summed E-state index contributed by atoms with van der Waals surface area (Å²) >= 11 is 0. The van der Waals surface area contributed by atoms with E-state index in [0.29, 0.717) is 11.8 Å². The average molecular weight is 402 g/mol. The number of fused-ring (bicyclic) bond motifs is 1. The molecule has 3 aromatic rings. The van der Waals surface area contributed by atoms with Crippen molar-refractivity contribution >= 4 is 11.7 Å². The lowest BCUT2D eigenvalue weighted by Crippen LogP contribution is -2.34. The van der Waals surface area contributed by atoms with Crippen LogP contribution in [0.1, 0.15) is 29.7 Å². The predicted molar refractivity (Wildman–Crippen MR) is 116 cm³/mol. The van der Waals surface area contributed by atoms with Crippen LogP contribution in [-0.2, 0) is 11.3 Å². The maximum Gasteiger partial charge on any atom is 0.219 e. The summed E-state index contributed by atoms with van der Waals surface area (Å²) in [5.41, 5.74) is 3.71. The van der Waals surface area contributed by atoms with E-state index in [4.69, 9.17) is 4.98 Å². The quantitative estimate of drug-likeness (QED) is 0.673. The van der Waals surface area contributed by atoms with E-state index in [0.717, 1.165) is 37.6 Å². The van der Waals surface area contributed by atoms with Crippen LogP contribution in [0.5, 0.6) is 0 Å². The van der Waals surface area contributed by atoms with Crippen molar-refractivity contribution in [3.05, 3.63) is 78.0 Å². The number of aromatic nitrogens is 3. The fraction of sp³-hybridized carbons (Fsp3) is 0.375. The molecule has 2 fully saturated rings. The third-order valence-electron chi connectivity index (χ3n) is 6.63. The standard InChI is InChI=1S/C24H27N5O/c1-17-5-3-4-6-21(17)24-22-15-28(13-20(22)14-29(24)18(2)30)23-8-7-19(11-26-23)12-27-10-9-25-16-27/h3-11,16,20,22,24H,12-15H2,1-2H3/t20-,22-,24-/m1/s1. The molecule has 5 rings (SSSR count). The highest BCUT2D eigenvalue weighted by atomic mass is 16.2. The zero-order chi connectivity index (χ0) is 20.7. The number of amides is 1. The molecule has 0 radical (unpaired) electrons. The molecule has 1 amide bonds. The number of likely N-dealkylation sites (tertiary alicyclic amines) is 1. The first-order chi connectivity index (χ1) is 14.6. The van der Waals surface area contributed by atoms with Crippen molar-refractivity contribution in [3.8, 4) is 0 Å². The van der Waals surface area contributed by atoms with Gasteiger partial charge in [-0.1, -0.05) is 30.3 Å². The molecule has 0 bridgehead atoms. The zero-order valence-corrected chi connectivity index (χ0v) is 17.5. The lowest BCUT2D eigenvalue weighted by Gasteiger charge is -2.30. The molecule has 0 saturated carbocycles. The maximum atomic E-state index is 12.4. The van der Waals surface area contributed by atoms with Gasteiger partial charge in [-0.2, -0.15) is 0 Å². The molecule has 2 aliphatic heterocycles. The number of anilines is 1. The van der Waals surface area contributed by atoms with Gasteiger partial charge < -0.3 is 14.4 Å². The number of pyridine rings is 1. The van der Waals surface area contributed by atoms with Gasteiger partial charge in [0.15, 0.2) is 0 Å². The summed E-state index contributed by atoms with van der Waals surface area (Å²) in [6, 6.07) is 12.9. The number of rotatable bonds is 4. The minimum absolute atomic E-state index is 0.152. The fourth-order valence-electron chi connectivity index (χ4n) is 5.16. The van der Waals surface area contributed by atoms with Crippen molar-refractivity contribution in [3.63, 3.8) is 0 Å². The van der Waals surface area contributed by atoms with Gasteiger partial charge in [-0.05, 0) is 29.7 Å². The SMILES string of the molecule is CC(=O)N1C[C@H]2CN(c3ccc(Cn4ccnc4)cn3)C[C@H]2[C@H]1c1ccccc1C. The average Bonchev–Trinajstić information content (AvgIpc) is 3.45. The third kappa shape index (κ3) is 3.36. The van der Waals surface area contributed by atoms with Gasteiger partial charge in [0.25, 0.3) is 0 Å². The Balaban J connectivity index is 1.35. The Morgan fingerprint density at radius 1 is 1.13 bits per heavy atom. The van der Waals surface area contributed by atoms with Gasteiger partial charge in [0, 0.05) is 63.5 Å². The topological polar surface area (TPSA) is 54.3 Å². The molecule has 154 valence electrons. The highest BCUT2D eigenvalue weighted by molar-refractivity contribution is 5.74. The minimum Gasteiger partial charge on any atom is -0.356 e. The predicted octanol–water partition coefficient (Wildman–Crippen LogP) is 3.29. The lowest BCUT2D eigenvalue weighted by molar-refractivity contribution is -0.130. The monoisotopic (exact) mass is 401 g/mol. The maximum absolute atomic E-state index is 12.4. The third-order valence-corrected chi connectivity index (χ3v) is 6.63. The molecule has 30 heavy (non-hydrogen) atoms. The smallest absolute Gasteiger partial charge is 0.219 e. The van der Waals surface area contributed by atoms with Crippen LogP contribution in [0.15, 0.2) is 61.3 Å². The number of hydrogen-bond acceptors (Lipinski definition) is 4. The van der Waals surface area contributed by atoms with Crippen LogP contribution in [0.4, 0.5) is 5.82 Å². The summed E-state index contributed by atoms with van der Waals surface area (Å²) in [7, 11) is 0. The highest BCUT2D eigenvalue weighted by Gasteiger charge is 2.49. The summed E-state index contributed by atoms with van der Waals surface area (Å²) in [5.74, 6) is 2.11. The number of benzene rings is 1. The Morgan fingerprint density at radius 2 is 2.00 bits per heavy atom. The molecule has 6 heteroatoms. The van der Waals surface area contributed by atoms with Gasteiger partial charge in [0.05, 0.1) is 12.4 Å². The van der Waals surface area contributed by atoms with E-state index in [1.807, 2.05) is 23.3 Å². The van der Waals surface area contributed by atoms with Crippen molar-refractivity contribution in [2.45, 2.75) is 26.4 Å². The summed E-state index contributed by atoms with van der Waals surface area (Å²) < 4.78 is 2.04. The molecule has 0 N–H and O–H groups in total. The van der Waals surface area contributed by atoms with Crippen molar-refractivity contribution < 1.29 is 4.79 Å². The van der Waals surface area contributed by atoms with Crippen LogP contribution in [0, 0.1) is 18.8 Å². The minimum atomic E-state index is 0.152. The van der Waals surface area contributed by atoms with Crippen LogP contribution >= 0.6 is 0 Å². The summed E-state index contributed by atoms with van der Waals surface area (Å²) in [5, 5.41) is 0. The van der Waals surface area contributed by atoms with Gasteiger partial charge in [0.2, 0.25) is 5.91 Å². The Hall–Kier alpha value is -3.15. The first-order valence-corrected chi connectivity index (χ1v) is 10.6. The Morgan fingerprint density at radius 3 is 2.70 bits per heavy atom. The van der Waals surface area contributed by atoms with Crippen LogP contribution < -0.4 is 4.90 Å². The number of hydrogen-bond donors (Lipinski definition) is 0. The molecule has 6 nitrogen and oxygen atoms in total. The van der Waals surface area contributed by atoms with Gasteiger partial charge in [-0.3, -0.25) is 4.79 Å². The van der Waals surface area contributed by atoms with Crippen LogP contribution in [0.25, 0.3) is 0 Å². The molecule has 2 aliphatic rings. The van der Waals surface area contributed by atoms with Gasteiger partial charge in [0.1, 0.15) is 5.82 Å². The summed E-state index contributed by atoms with van der Waals surface area (Å²) in [6.07, 6.45) is 7.54. The van der Waals surface area contributed by atoms with Crippen LogP contribution in [-0.4, -0.2) is 45.0 Å². The van der Waals surface area contributed by atoms with E-state index >= 15 is 0 Å². The second-order valence-electron chi connectivity index (χ2n) is 8.56. The molecule has 4 heterocycles. The van der Waals surface area contributed by atoms with Crippen molar-refractivity contribution in [1.29, 1.82) is 0 Å². The Labute approximate surface area is 177 Å². The zero-order valence-electron chi connectivity index (χ0n) is 17.5. The van der Waals surface area contributed by atoms with E-state index in [-0.39, 0.29) is 11.9 Å². The largest absolute Gasteiger partial charge is 0.356 e. The molecule has 1 aromatic carbocycles. The Bertz CT molecular complexity index is 1030.